The Morgan fingerprint density at radius 2 is 1.88 bits per heavy atom. The Morgan fingerprint density at radius 1 is 1.17 bits per heavy atom. The van der Waals surface area contributed by atoms with Gasteiger partial charge < -0.3 is 10.1 Å². The zero-order valence-corrected chi connectivity index (χ0v) is 15.5. The molecule has 0 amide bonds. The van der Waals surface area contributed by atoms with Gasteiger partial charge in [0, 0.05) is 44.0 Å². The first-order valence-electron chi connectivity index (χ1n) is 9.48. The zero-order valence-electron chi connectivity index (χ0n) is 15.5. The van der Waals surface area contributed by atoms with E-state index in [0.29, 0.717) is 18.1 Å². The van der Waals surface area contributed by atoms with Gasteiger partial charge in [-0.25, -0.2) is 0 Å². The van der Waals surface area contributed by atoms with Gasteiger partial charge in [-0.3, -0.25) is 9.88 Å². The summed E-state index contributed by atoms with van der Waals surface area (Å²) in [5.74, 6) is 0.667. The van der Waals surface area contributed by atoms with Crippen LogP contribution < -0.4 is 5.32 Å². The van der Waals surface area contributed by atoms with Crippen LogP contribution in [-0.2, 0) is 11.3 Å². The van der Waals surface area contributed by atoms with E-state index in [-0.39, 0.29) is 5.41 Å². The number of hydrogen-bond donors (Lipinski definition) is 1. The molecule has 0 unspecified atom stereocenters. The number of pyridine rings is 1. The highest BCUT2D eigenvalue weighted by molar-refractivity contribution is 5.09. The van der Waals surface area contributed by atoms with E-state index in [2.05, 4.69) is 48.1 Å². The fourth-order valence-corrected chi connectivity index (χ4v) is 4.16. The van der Waals surface area contributed by atoms with E-state index in [9.17, 15) is 0 Å². The molecule has 0 spiro atoms. The number of piperidine rings is 1. The lowest BCUT2D eigenvalue weighted by Crippen LogP contribution is -2.45. The van der Waals surface area contributed by atoms with Crippen LogP contribution in [-0.4, -0.2) is 48.3 Å². The minimum atomic E-state index is 0.247. The fraction of sp³-hybridized carbons (Fsp3) is 0.750. The maximum Gasteiger partial charge on any atom is 0.0664 e. The van der Waals surface area contributed by atoms with Crippen LogP contribution in [0.15, 0.2) is 24.5 Å². The van der Waals surface area contributed by atoms with Gasteiger partial charge in [0.05, 0.1) is 6.10 Å². The lowest BCUT2D eigenvalue weighted by molar-refractivity contribution is 0.00635. The molecule has 2 fully saturated rings. The first-order chi connectivity index (χ1) is 11.5. The fourth-order valence-electron chi connectivity index (χ4n) is 4.16. The molecule has 2 aliphatic rings. The summed E-state index contributed by atoms with van der Waals surface area (Å²) < 4.78 is 6.00. The number of aromatic nitrogens is 1. The molecule has 4 heteroatoms. The quantitative estimate of drug-likeness (QED) is 0.900. The second-order valence-corrected chi connectivity index (χ2v) is 8.52. The molecule has 0 saturated carbocycles. The maximum absolute atomic E-state index is 6.00. The van der Waals surface area contributed by atoms with Gasteiger partial charge in [-0.15, -0.1) is 0 Å². The van der Waals surface area contributed by atoms with Gasteiger partial charge in [0.15, 0.2) is 0 Å². The van der Waals surface area contributed by atoms with Crippen molar-refractivity contribution in [2.24, 2.45) is 11.3 Å². The summed E-state index contributed by atoms with van der Waals surface area (Å²) in [6.07, 6.45) is 7.88. The third-order valence-corrected chi connectivity index (χ3v) is 5.48. The molecule has 24 heavy (non-hydrogen) atoms. The Morgan fingerprint density at radius 3 is 2.54 bits per heavy atom. The lowest BCUT2D eigenvalue weighted by atomic mass is 9.81. The van der Waals surface area contributed by atoms with Gasteiger partial charge in [-0.1, -0.05) is 20.8 Å². The highest BCUT2D eigenvalue weighted by Gasteiger charge is 2.37. The molecular weight excluding hydrogens is 298 g/mol. The van der Waals surface area contributed by atoms with Gasteiger partial charge >= 0.3 is 0 Å². The molecule has 2 saturated heterocycles. The molecule has 2 atom stereocenters. The summed E-state index contributed by atoms with van der Waals surface area (Å²) in [7, 11) is 0. The van der Waals surface area contributed by atoms with Gasteiger partial charge in [0.1, 0.15) is 0 Å². The Kier molecular flexibility index (Phi) is 5.90. The number of nitrogens with zero attached hydrogens (tertiary/aromatic N) is 2. The van der Waals surface area contributed by atoms with E-state index in [4.69, 9.17) is 4.74 Å². The highest BCUT2D eigenvalue weighted by Crippen LogP contribution is 2.34. The second-order valence-electron chi connectivity index (χ2n) is 8.52. The molecule has 4 nitrogen and oxygen atoms in total. The molecule has 1 aromatic rings. The van der Waals surface area contributed by atoms with Crippen molar-refractivity contribution in [3.8, 4) is 0 Å². The molecule has 3 rings (SSSR count). The smallest absolute Gasteiger partial charge is 0.0664 e. The van der Waals surface area contributed by atoms with Gasteiger partial charge in [-0.05, 0) is 55.5 Å². The van der Waals surface area contributed by atoms with Crippen LogP contribution in [0.1, 0.15) is 45.6 Å². The van der Waals surface area contributed by atoms with Crippen LogP contribution >= 0.6 is 0 Å². The number of ether oxygens (including phenoxy) is 1. The first kappa shape index (κ1) is 17.8. The summed E-state index contributed by atoms with van der Waals surface area (Å²) in [6.45, 7) is 12.4. The number of rotatable bonds is 5. The van der Waals surface area contributed by atoms with Crippen molar-refractivity contribution in [2.45, 2.75) is 58.7 Å². The molecule has 2 aliphatic heterocycles. The average molecular weight is 332 g/mol. The van der Waals surface area contributed by atoms with Crippen LogP contribution in [0.2, 0.25) is 0 Å². The molecule has 1 N–H and O–H groups in total. The SMILES string of the molecule is CC(C)(C)[C@H]1OCC[C@@H]1CNC1CCN(Cc2ccncc2)CC1. The van der Waals surface area contributed by atoms with Crippen molar-refractivity contribution in [2.75, 3.05) is 26.2 Å². The van der Waals surface area contributed by atoms with E-state index in [0.717, 1.165) is 19.7 Å². The number of hydrogen-bond acceptors (Lipinski definition) is 4. The summed E-state index contributed by atoms with van der Waals surface area (Å²) in [6, 6.07) is 4.91. The van der Waals surface area contributed by atoms with E-state index in [1.807, 2.05) is 12.4 Å². The van der Waals surface area contributed by atoms with E-state index < -0.39 is 0 Å². The zero-order chi connectivity index (χ0) is 17.0. The Hall–Kier alpha value is -0.970. The monoisotopic (exact) mass is 331 g/mol. The molecule has 0 aliphatic carbocycles. The highest BCUT2D eigenvalue weighted by atomic mass is 16.5. The minimum Gasteiger partial charge on any atom is -0.377 e. The topological polar surface area (TPSA) is 37.4 Å². The van der Waals surface area contributed by atoms with Gasteiger partial charge in [0.25, 0.3) is 0 Å². The average Bonchev–Trinajstić information content (AvgIpc) is 3.04. The predicted molar refractivity (Wildman–Crippen MR) is 97.8 cm³/mol. The van der Waals surface area contributed by atoms with Crippen molar-refractivity contribution in [3.05, 3.63) is 30.1 Å². The van der Waals surface area contributed by atoms with Crippen molar-refractivity contribution in [3.63, 3.8) is 0 Å². The van der Waals surface area contributed by atoms with Crippen LogP contribution in [0.3, 0.4) is 0 Å². The number of likely N-dealkylation sites (tertiary alicyclic amines) is 1. The van der Waals surface area contributed by atoms with Crippen molar-refractivity contribution < 1.29 is 4.74 Å². The largest absolute Gasteiger partial charge is 0.377 e. The standard InChI is InChI=1S/C20H33N3O/c1-20(2,3)19-17(8-13-24-19)14-22-18-6-11-23(12-7-18)15-16-4-9-21-10-5-16/h4-5,9-10,17-19,22H,6-8,11-15H2,1-3H3/t17-,19+/m1/s1. The summed E-state index contributed by atoms with van der Waals surface area (Å²) in [4.78, 5) is 6.66. The molecular formula is C20H33N3O. The third-order valence-electron chi connectivity index (χ3n) is 5.48. The van der Waals surface area contributed by atoms with Gasteiger partial charge in [0.2, 0.25) is 0 Å². The maximum atomic E-state index is 6.00. The van der Waals surface area contributed by atoms with Crippen LogP contribution in [0.5, 0.6) is 0 Å². The molecule has 0 aromatic carbocycles. The molecule has 134 valence electrons. The Labute approximate surface area is 147 Å². The van der Waals surface area contributed by atoms with Crippen molar-refractivity contribution in [1.29, 1.82) is 0 Å². The normalized spacial score (nSPS) is 26.8. The van der Waals surface area contributed by atoms with E-state index in [1.54, 1.807) is 0 Å². The Bertz CT molecular complexity index is 491. The Balaban J connectivity index is 1.40. The van der Waals surface area contributed by atoms with Crippen LogP contribution in [0.25, 0.3) is 0 Å². The predicted octanol–water partition coefficient (Wildman–Crippen LogP) is 3.09. The molecule has 1 aromatic heterocycles. The minimum absolute atomic E-state index is 0.247. The lowest BCUT2D eigenvalue weighted by Gasteiger charge is -2.35. The molecule has 3 heterocycles. The molecule has 0 radical (unpaired) electrons. The summed E-state index contributed by atoms with van der Waals surface area (Å²) in [5.41, 5.74) is 1.61. The second kappa shape index (κ2) is 7.94. The van der Waals surface area contributed by atoms with E-state index in [1.165, 1.54) is 37.9 Å². The number of nitrogens with one attached hydrogen (secondary N) is 1. The molecule has 0 bridgehead atoms. The summed E-state index contributed by atoms with van der Waals surface area (Å²) in [5, 5.41) is 3.83. The first-order valence-corrected chi connectivity index (χ1v) is 9.48. The van der Waals surface area contributed by atoms with Gasteiger partial charge in [-0.2, -0.15) is 0 Å². The van der Waals surface area contributed by atoms with E-state index >= 15 is 0 Å². The third kappa shape index (κ3) is 4.78. The van der Waals surface area contributed by atoms with Crippen molar-refractivity contribution in [1.82, 2.24) is 15.2 Å². The van der Waals surface area contributed by atoms with Crippen LogP contribution in [0, 0.1) is 11.3 Å². The summed E-state index contributed by atoms with van der Waals surface area (Å²) >= 11 is 0. The van der Waals surface area contributed by atoms with Crippen molar-refractivity contribution >= 4 is 0 Å². The van der Waals surface area contributed by atoms with Crippen LogP contribution in [0.4, 0.5) is 0 Å².